The molecule has 2 unspecified atom stereocenters. The highest BCUT2D eigenvalue weighted by molar-refractivity contribution is 5.78. The van der Waals surface area contributed by atoms with E-state index in [-0.39, 0.29) is 18.0 Å². The van der Waals surface area contributed by atoms with Crippen molar-refractivity contribution in [1.82, 2.24) is 20.4 Å². The number of alkyl carbamates (subject to hydrolysis) is 1. The maximum atomic E-state index is 12.4. The molecular formula is C18H34N4O3. The largest absolute Gasteiger partial charge is 0.444 e. The summed E-state index contributed by atoms with van der Waals surface area (Å²) in [4.78, 5) is 28.9. The van der Waals surface area contributed by atoms with Gasteiger partial charge >= 0.3 is 6.09 Å². The molecule has 0 aromatic carbocycles. The predicted octanol–water partition coefficient (Wildman–Crippen LogP) is 1.19. The highest BCUT2D eigenvalue weighted by Crippen LogP contribution is 2.19. The monoisotopic (exact) mass is 354 g/mol. The minimum atomic E-state index is -0.515. The zero-order chi connectivity index (χ0) is 18.4. The standard InChI is InChI=1S/C18H34N4O3/c1-18(2,3)25-17(24)20-15-8-6-5-7-14(15)19-16(23)13-22-11-9-21(4)10-12-22/h14-15H,5-13H2,1-4H3,(H,19,23)(H,20,24). The van der Waals surface area contributed by atoms with Crippen LogP contribution in [0, 0.1) is 0 Å². The molecule has 2 rings (SSSR count). The Morgan fingerprint density at radius 1 is 1.00 bits per heavy atom. The van der Waals surface area contributed by atoms with Crippen molar-refractivity contribution in [2.75, 3.05) is 39.8 Å². The summed E-state index contributed by atoms with van der Waals surface area (Å²) in [5, 5.41) is 6.08. The van der Waals surface area contributed by atoms with Crippen LogP contribution in [0.5, 0.6) is 0 Å². The van der Waals surface area contributed by atoms with E-state index in [0.717, 1.165) is 51.9 Å². The fourth-order valence-electron chi connectivity index (χ4n) is 3.40. The molecule has 0 spiro atoms. The summed E-state index contributed by atoms with van der Waals surface area (Å²) in [6.45, 7) is 9.83. The number of piperazine rings is 1. The highest BCUT2D eigenvalue weighted by Gasteiger charge is 2.30. The number of hydrogen-bond donors (Lipinski definition) is 2. The molecule has 0 aromatic rings. The molecule has 0 bridgehead atoms. The molecule has 0 radical (unpaired) electrons. The minimum absolute atomic E-state index is 0.0127. The first-order valence-electron chi connectivity index (χ1n) is 9.43. The summed E-state index contributed by atoms with van der Waals surface area (Å²) in [6.07, 6.45) is 3.50. The van der Waals surface area contributed by atoms with Crippen LogP contribution < -0.4 is 10.6 Å². The molecule has 7 heteroatoms. The van der Waals surface area contributed by atoms with E-state index in [1.54, 1.807) is 0 Å². The van der Waals surface area contributed by atoms with Crippen LogP contribution in [-0.2, 0) is 9.53 Å². The summed E-state index contributed by atoms with van der Waals surface area (Å²) in [5.74, 6) is 0.0486. The Hall–Kier alpha value is -1.34. The normalized spacial score (nSPS) is 26.1. The Kier molecular flexibility index (Phi) is 7.07. The third-order valence-corrected chi connectivity index (χ3v) is 4.78. The molecule has 1 saturated heterocycles. The predicted molar refractivity (Wildman–Crippen MR) is 97.5 cm³/mol. The number of amides is 2. The van der Waals surface area contributed by atoms with E-state index in [1.807, 2.05) is 20.8 Å². The number of carbonyl (C=O) groups is 2. The minimum Gasteiger partial charge on any atom is -0.444 e. The molecule has 2 aliphatic rings. The van der Waals surface area contributed by atoms with Crippen molar-refractivity contribution in [1.29, 1.82) is 0 Å². The Balaban J connectivity index is 1.81. The molecule has 1 aliphatic heterocycles. The fraction of sp³-hybridized carbons (Fsp3) is 0.889. The molecule has 2 N–H and O–H groups in total. The number of carbonyl (C=O) groups excluding carboxylic acids is 2. The lowest BCUT2D eigenvalue weighted by atomic mass is 9.90. The Morgan fingerprint density at radius 2 is 1.56 bits per heavy atom. The van der Waals surface area contributed by atoms with Crippen LogP contribution in [0.3, 0.4) is 0 Å². The molecule has 7 nitrogen and oxygen atoms in total. The van der Waals surface area contributed by atoms with Gasteiger partial charge in [0.05, 0.1) is 12.6 Å². The second kappa shape index (κ2) is 8.85. The zero-order valence-electron chi connectivity index (χ0n) is 16.1. The number of nitrogens with zero attached hydrogens (tertiary/aromatic N) is 2. The molecular weight excluding hydrogens is 320 g/mol. The lowest BCUT2D eigenvalue weighted by molar-refractivity contribution is -0.123. The van der Waals surface area contributed by atoms with Gasteiger partial charge in [0.2, 0.25) is 5.91 Å². The number of nitrogens with one attached hydrogen (secondary N) is 2. The quantitative estimate of drug-likeness (QED) is 0.793. The van der Waals surface area contributed by atoms with Gasteiger partial charge in [0.25, 0.3) is 0 Å². The lowest BCUT2D eigenvalue weighted by Gasteiger charge is -2.35. The maximum absolute atomic E-state index is 12.4. The van der Waals surface area contributed by atoms with Gasteiger partial charge in [-0.05, 0) is 40.7 Å². The number of hydrogen-bond acceptors (Lipinski definition) is 5. The summed E-state index contributed by atoms with van der Waals surface area (Å²) < 4.78 is 5.35. The van der Waals surface area contributed by atoms with Crippen molar-refractivity contribution in [3.8, 4) is 0 Å². The molecule has 2 fully saturated rings. The van der Waals surface area contributed by atoms with E-state index in [2.05, 4.69) is 27.5 Å². The fourth-order valence-corrected chi connectivity index (χ4v) is 3.40. The van der Waals surface area contributed by atoms with Gasteiger partial charge in [0.1, 0.15) is 5.60 Å². The molecule has 1 aliphatic carbocycles. The van der Waals surface area contributed by atoms with Gasteiger partial charge in [-0.25, -0.2) is 4.79 Å². The number of ether oxygens (including phenoxy) is 1. The van der Waals surface area contributed by atoms with E-state index >= 15 is 0 Å². The van der Waals surface area contributed by atoms with Crippen molar-refractivity contribution in [3.05, 3.63) is 0 Å². The van der Waals surface area contributed by atoms with Crippen LogP contribution in [-0.4, -0.2) is 79.3 Å². The van der Waals surface area contributed by atoms with Crippen molar-refractivity contribution in [3.63, 3.8) is 0 Å². The van der Waals surface area contributed by atoms with Crippen LogP contribution in [0.4, 0.5) is 4.79 Å². The van der Waals surface area contributed by atoms with Crippen molar-refractivity contribution < 1.29 is 14.3 Å². The van der Waals surface area contributed by atoms with E-state index in [0.29, 0.717) is 6.54 Å². The third-order valence-electron chi connectivity index (χ3n) is 4.78. The average Bonchev–Trinajstić information content (AvgIpc) is 2.49. The average molecular weight is 354 g/mol. The van der Waals surface area contributed by atoms with Crippen LogP contribution >= 0.6 is 0 Å². The van der Waals surface area contributed by atoms with Gasteiger partial charge in [0.15, 0.2) is 0 Å². The second-order valence-corrected chi connectivity index (χ2v) is 8.29. The van der Waals surface area contributed by atoms with Gasteiger partial charge in [-0.3, -0.25) is 9.69 Å². The Morgan fingerprint density at radius 3 is 2.12 bits per heavy atom. The van der Waals surface area contributed by atoms with Gasteiger partial charge in [-0.2, -0.15) is 0 Å². The zero-order valence-corrected chi connectivity index (χ0v) is 16.1. The topological polar surface area (TPSA) is 73.9 Å². The van der Waals surface area contributed by atoms with Crippen LogP contribution in [0.15, 0.2) is 0 Å². The molecule has 1 heterocycles. The SMILES string of the molecule is CN1CCN(CC(=O)NC2CCCCC2NC(=O)OC(C)(C)C)CC1. The molecule has 144 valence electrons. The van der Waals surface area contributed by atoms with Crippen LogP contribution in [0.1, 0.15) is 46.5 Å². The van der Waals surface area contributed by atoms with E-state index < -0.39 is 11.7 Å². The van der Waals surface area contributed by atoms with Crippen LogP contribution in [0.25, 0.3) is 0 Å². The van der Waals surface area contributed by atoms with E-state index in [9.17, 15) is 9.59 Å². The first-order valence-corrected chi connectivity index (χ1v) is 9.43. The molecule has 2 amide bonds. The molecule has 25 heavy (non-hydrogen) atoms. The number of rotatable bonds is 4. The van der Waals surface area contributed by atoms with Crippen molar-refractivity contribution in [2.24, 2.45) is 0 Å². The number of likely N-dealkylation sites (N-methyl/N-ethyl adjacent to an activating group) is 1. The molecule has 2 atom stereocenters. The smallest absolute Gasteiger partial charge is 0.407 e. The Labute approximate surface area is 151 Å². The summed E-state index contributed by atoms with van der Waals surface area (Å²) in [6, 6.07) is -0.0683. The van der Waals surface area contributed by atoms with Gasteiger partial charge in [-0.15, -0.1) is 0 Å². The van der Waals surface area contributed by atoms with Crippen molar-refractivity contribution >= 4 is 12.0 Å². The van der Waals surface area contributed by atoms with Crippen molar-refractivity contribution in [2.45, 2.75) is 64.1 Å². The van der Waals surface area contributed by atoms with Gasteiger partial charge < -0.3 is 20.3 Å². The third kappa shape index (κ3) is 7.20. The van der Waals surface area contributed by atoms with Gasteiger partial charge in [-0.1, -0.05) is 12.8 Å². The molecule has 0 aromatic heterocycles. The lowest BCUT2D eigenvalue weighted by Crippen LogP contribution is -2.56. The highest BCUT2D eigenvalue weighted by atomic mass is 16.6. The van der Waals surface area contributed by atoms with E-state index in [4.69, 9.17) is 4.74 Å². The molecule has 1 saturated carbocycles. The van der Waals surface area contributed by atoms with Gasteiger partial charge in [0, 0.05) is 32.2 Å². The maximum Gasteiger partial charge on any atom is 0.407 e. The Bertz CT molecular complexity index is 456. The summed E-state index contributed by atoms with van der Waals surface area (Å²) in [7, 11) is 2.10. The summed E-state index contributed by atoms with van der Waals surface area (Å²) >= 11 is 0. The summed E-state index contributed by atoms with van der Waals surface area (Å²) in [5.41, 5.74) is -0.515. The van der Waals surface area contributed by atoms with Crippen LogP contribution in [0.2, 0.25) is 0 Å². The second-order valence-electron chi connectivity index (χ2n) is 8.29. The first-order chi connectivity index (χ1) is 11.7. The first kappa shape index (κ1) is 20.0. The van der Waals surface area contributed by atoms with E-state index in [1.165, 1.54) is 0 Å².